The van der Waals surface area contributed by atoms with E-state index in [1.165, 1.54) is 19.1 Å². The molecule has 0 bridgehead atoms. The zero-order valence-corrected chi connectivity index (χ0v) is 17.7. The number of hydrogen-bond acceptors (Lipinski definition) is 5. The van der Waals surface area contributed by atoms with Crippen molar-refractivity contribution in [2.45, 2.75) is 25.8 Å². The van der Waals surface area contributed by atoms with Gasteiger partial charge in [0.05, 0.1) is 30.9 Å². The number of Topliss-reactive ketones (excluding diaryl/α,β-unsaturated/α-hetero) is 1. The quantitative estimate of drug-likeness (QED) is 0.427. The summed E-state index contributed by atoms with van der Waals surface area (Å²) in [6, 6.07) is 13.9. The number of para-hydroxylation sites is 1. The van der Waals surface area contributed by atoms with E-state index in [0.29, 0.717) is 17.2 Å². The van der Waals surface area contributed by atoms with Crippen LogP contribution in [0.2, 0.25) is 0 Å². The van der Waals surface area contributed by atoms with E-state index in [1.807, 2.05) is 24.3 Å². The molecule has 2 aromatic rings. The minimum Gasteiger partial charge on any atom is -0.507 e. The van der Waals surface area contributed by atoms with Crippen LogP contribution in [-0.4, -0.2) is 49.1 Å². The first-order chi connectivity index (χ1) is 14.4. The number of nitrogens with zero attached hydrogens (tertiary/aromatic N) is 1. The summed E-state index contributed by atoms with van der Waals surface area (Å²) in [4.78, 5) is 27.2. The van der Waals surface area contributed by atoms with Gasteiger partial charge in [0.25, 0.3) is 11.7 Å². The largest absolute Gasteiger partial charge is 0.507 e. The van der Waals surface area contributed by atoms with Crippen LogP contribution in [0.4, 0.5) is 0 Å². The van der Waals surface area contributed by atoms with Crippen LogP contribution < -0.4 is 4.74 Å². The number of ether oxygens (including phenoxy) is 2. The molecule has 0 radical (unpaired) electrons. The van der Waals surface area contributed by atoms with Crippen LogP contribution in [0.25, 0.3) is 5.76 Å². The normalized spacial score (nSPS) is 18.3. The number of ketones is 1. The third-order valence-electron chi connectivity index (χ3n) is 5.36. The molecule has 0 saturated carbocycles. The van der Waals surface area contributed by atoms with Gasteiger partial charge in [-0.3, -0.25) is 9.59 Å². The third-order valence-corrected chi connectivity index (χ3v) is 5.36. The zero-order valence-electron chi connectivity index (χ0n) is 17.7. The molecule has 0 aliphatic carbocycles. The fraction of sp³-hybridized carbons (Fsp3) is 0.333. The molecule has 1 unspecified atom stereocenters. The van der Waals surface area contributed by atoms with Crippen LogP contribution in [0.1, 0.15) is 42.5 Å². The molecule has 1 aliphatic heterocycles. The highest BCUT2D eigenvalue weighted by molar-refractivity contribution is 6.46. The molecule has 2 aromatic carbocycles. The van der Waals surface area contributed by atoms with Crippen LogP contribution in [0.5, 0.6) is 5.75 Å². The molecule has 6 nitrogen and oxygen atoms in total. The van der Waals surface area contributed by atoms with Crippen molar-refractivity contribution in [3.05, 3.63) is 70.8 Å². The molecule has 3 rings (SSSR count). The molecular formula is C24H27NO5. The second kappa shape index (κ2) is 9.13. The summed E-state index contributed by atoms with van der Waals surface area (Å²) >= 11 is 0. The molecule has 1 fully saturated rings. The van der Waals surface area contributed by atoms with E-state index in [0.717, 1.165) is 11.1 Å². The summed E-state index contributed by atoms with van der Waals surface area (Å²) in [7, 11) is 3.03. The van der Waals surface area contributed by atoms with Crippen molar-refractivity contribution < 1.29 is 24.2 Å². The fourth-order valence-electron chi connectivity index (χ4n) is 3.70. The molecule has 0 spiro atoms. The first-order valence-corrected chi connectivity index (χ1v) is 9.91. The van der Waals surface area contributed by atoms with Crippen LogP contribution >= 0.6 is 0 Å². The van der Waals surface area contributed by atoms with Gasteiger partial charge < -0.3 is 19.5 Å². The summed E-state index contributed by atoms with van der Waals surface area (Å²) < 4.78 is 10.5. The number of carbonyl (C=O) groups excluding carboxylic acids is 2. The number of rotatable bonds is 7. The Morgan fingerprint density at radius 2 is 1.73 bits per heavy atom. The number of hydrogen-bond donors (Lipinski definition) is 1. The predicted octanol–water partition coefficient (Wildman–Crippen LogP) is 3.89. The maximum atomic E-state index is 13.0. The average Bonchev–Trinajstić information content (AvgIpc) is 3.01. The molecule has 1 saturated heterocycles. The Kier molecular flexibility index (Phi) is 6.57. The van der Waals surface area contributed by atoms with Crippen molar-refractivity contribution in [1.29, 1.82) is 0 Å². The number of amides is 1. The lowest BCUT2D eigenvalue weighted by Gasteiger charge is -2.25. The summed E-state index contributed by atoms with van der Waals surface area (Å²) in [5.74, 6) is -0.836. The van der Waals surface area contributed by atoms with Crippen molar-refractivity contribution in [3.8, 4) is 5.75 Å². The molecule has 1 aliphatic rings. The summed E-state index contributed by atoms with van der Waals surface area (Å²) in [6.45, 7) is 4.71. The Morgan fingerprint density at radius 1 is 1.07 bits per heavy atom. The van der Waals surface area contributed by atoms with E-state index >= 15 is 0 Å². The summed E-state index contributed by atoms with van der Waals surface area (Å²) in [5, 5.41) is 11.1. The summed E-state index contributed by atoms with van der Waals surface area (Å²) in [6.07, 6.45) is 0. The Bertz CT molecular complexity index is 962. The zero-order chi connectivity index (χ0) is 21.8. The number of aliphatic hydroxyl groups excluding tert-OH is 1. The first kappa shape index (κ1) is 21.6. The molecule has 1 N–H and O–H groups in total. The SMILES string of the molecule is COCCN1C(=O)C(=O)/C(=C(\O)c2ccccc2OC)C1c1ccc(C(C)C)cc1. The van der Waals surface area contributed by atoms with E-state index in [1.54, 1.807) is 24.3 Å². The van der Waals surface area contributed by atoms with Gasteiger partial charge in [0.15, 0.2) is 0 Å². The smallest absolute Gasteiger partial charge is 0.295 e. The predicted molar refractivity (Wildman–Crippen MR) is 114 cm³/mol. The van der Waals surface area contributed by atoms with Crippen molar-refractivity contribution in [1.82, 2.24) is 4.90 Å². The van der Waals surface area contributed by atoms with Gasteiger partial charge in [-0.2, -0.15) is 0 Å². The Labute approximate surface area is 176 Å². The lowest BCUT2D eigenvalue weighted by Crippen LogP contribution is -2.32. The fourth-order valence-corrected chi connectivity index (χ4v) is 3.70. The van der Waals surface area contributed by atoms with Gasteiger partial charge in [-0.15, -0.1) is 0 Å². The molecular weight excluding hydrogens is 382 g/mol. The third kappa shape index (κ3) is 3.96. The number of carbonyl (C=O) groups is 2. The second-order valence-corrected chi connectivity index (χ2v) is 7.51. The van der Waals surface area contributed by atoms with Gasteiger partial charge in [0, 0.05) is 13.7 Å². The molecule has 30 heavy (non-hydrogen) atoms. The van der Waals surface area contributed by atoms with E-state index in [2.05, 4.69) is 13.8 Å². The van der Waals surface area contributed by atoms with Crippen LogP contribution in [-0.2, 0) is 14.3 Å². The number of aliphatic hydroxyl groups is 1. The van der Waals surface area contributed by atoms with Crippen LogP contribution in [0, 0.1) is 0 Å². The average molecular weight is 409 g/mol. The van der Waals surface area contributed by atoms with E-state index in [9.17, 15) is 14.7 Å². The molecule has 1 heterocycles. The van der Waals surface area contributed by atoms with Gasteiger partial charge >= 0.3 is 0 Å². The van der Waals surface area contributed by atoms with Gasteiger partial charge in [0.2, 0.25) is 0 Å². The lowest BCUT2D eigenvalue weighted by atomic mass is 9.93. The van der Waals surface area contributed by atoms with E-state index in [-0.39, 0.29) is 24.5 Å². The number of likely N-dealkylation sites (tertiary alicyclic amines) is 1. The highest BCUT2D eigenvalue weighted by Crippen LogP contribution is 2.40. The molecule has 0 aromatic heterocycles. The monoisotopic (exact) mass is 409 g/mol. The van der Waals surface area contributed by atoms with Crippen molar-refractivity contribution in [2.75, 3.05) is 27.4 Å². The van der Waals surface area contributed by atoms with Gasteiger partial charge in [-0.1, -0.05) is 50.2 Å². The lowest BCUT2D eigenvalue weighted by molar-refractivity contribution is -0.140. The first-order valence-electron chi connectivity index (χ1n) is 9.91. The second-order valence-electron chi connectivity index (χ2n) is 7.51. The highest BCUT2D eigenvalue weighted by Gasteiger charge is 2.46. The number of methoxy groups -OCH3 is 2. The standard InChI is InChI=1S/C24H27NO5/c1-15(2)16-9-11-17(12-10-16)21-20(23(27)24(28)25(21)13-14-29-3)22(26)18-7-5-6-8-19(18)30-4/h5-12,15,21,26H,13-14H2,1-4H3/b22-20-. The van der Waals surface area contributed by atoms with Gasteiger partial charge in [-0.25, -0.2) is 0 Å². The minimum absolute atomic E-state index is 0.0536. The Morgan fingerprint density at radius 3 is 2.33 bits per heavy atom. The maximum Gasteiger partial charge on any atom is 0.295 e. The van der Waals surface area contributed by atoms with E-state index < -0.39 is 17.7 Å². The van der Waals surface area contributed by atoms with Crippen molar-refractivity contribution in [3.63, 3.8) is 0 Å². The molecule has 158 valence electrons. The molecule has 6 heteroatoms. The van der Waals surface area contributed by atoms with Crippen LogP contribution in [0.3, 0.4) is 0 Å². The molecule has 1 amide bonds. The minimum atomic E-state index is -0.715. The Hall–Kier alpha value is -3.12. The van der Waals surface area contributed by atoms with Gasteiger partial charge in [-0.05, 0) is 29.2 Å². The summed E-state index contributed by atoms with van der Waals surface area (Å²) in [5.41, 5.74) is 2.33. The Balaban J connectivity index is 2.17. The van der Waals surface area contributed by atoms with Crippen LogP contribution in [0.15, 0.2) is 54.1 Å². The van der Waals surface area contributed by atoms with Crippen molar-refractivity contribution >= 4 is 17.4 Å². The molecule has 1 atom stereocenters. The van der Waals surface area contributed by atoms with Crippen molar-refractivity contribution in [2.24, 2.45) is 0 Å². The maximum absolute atomic E-state index is 13.0. The topological polar surface area (TPSA) is 76.1 Å². The number of benzene rings is 2. The van der Waals surface area contributed by atoms with Gasteiger partial charge in [0.1, 0.15) is 11.5 Å². The van der Waals surface area contributed by atoms with E-state index in [4.69, 9.17) is 9.47 Å². The highest BCUT2D eigenvalue weighted by atomic mass is 16.5.